The van der Waals surface area contributed by atoms with Gasteiger partial charge in [-0.1, -0.05) is 44.2 Å². The number of ether oxygens (including phenoxy) is 1. The molecule has 1 heterocycles. The summed E-state index contributed by atoms with van der Waals surface area (Å²) in [7, 11) is 3.49. The van der Waals surface area contributed by atoms with Gasteiger partial charge in [0.25, 0.3) is 5.91 Å². The van der Waals surface area contributed by atoms with Crippen molar-refractivity contribution in [1.29, 1.82) is 0 Å². The van der Waals surface area contributed by atoms with Crippen molar-refractivity contribution in [2.75, 3.05) is 13.7 Å². The summed E-state index contributed by atoms with van der Waals surface area (Å²) in [6.45, 7) is 6.50. The van der Waals surface area contributed by atoms with Crippen molar-refractivity contribution >= 4 is 5.91 Å². The van der Waals surface area contributed by atoms with Crippen LogP contribution in [0.1, 0.15) is 48.4 Å². The number of hydrogen-bond acceptors (Lipinski definition) is 3. The Bertz CT molecular complexity index is 664. The van der Waals surface area contributed by atoms with Crippen molar-refractivity contribution < 1.29 is 9.53 Å². The first kappa shape index (κ1) is 17.2. The minimum atomic E-state index is -0.609. The predicted octanol–water partition coefficient (Wildman–Crippen LogP) is 2.84. The van der Waals surface area contributed by atoms with Crippen molar-refractivity contribution in [2.45, 2.75) is 32.2 Å². The Labute approximate surface area is 137 Å². The second kappa shape index (κ2) is 6.96. The Hall–Kier alpha value is -2.14. The maximum absolute atomic E-state index is 12.7. The number of hydrogen-bond donors (Lipinski definition) is 1. The lowest BCUT2D eigenvalue weighted by Gasteiger charge is -2.30. The number of methoxy groups -OCH3 is 1. The number of aromatic nitrogens is 2. The van der Waals surface area contributed by atoms with Gasteiger partial charge in [-0.15, -0.1) is 0 Å². The molecule has 124 valence electrons. The molecule has 1 atom stereocenters. The molecule has 5 heteroatoms. The third-order valence-electron chi connectivity index (χ3n) is 3.97. The normalized spacial score (nSPS) is 13.8. The lowest BCUT2D eigenvalue weighted by atomic mass is 9.92. The largest absolute Gasteiger partial charge is 0.382 e. The van der Waals surface area contributed by atoms with Gasteiger partial charge in [0.05, 0.1) is 12.1 Å². The minimum Gasteiger partial charge on any atom is -0.382 e. The molecule has 0 fully saturated rings. The number of nitrogens with zero attached hydrogens (tertiary/aromatic N) is 2. The fraction of sp³-hybridized carbons (Fsp3) is 0.444. The quantitative estimate of drug-likeness (QED) is 0.892. The van der Waals surface area contributed by atoms with Crippen LogP contribution >= 0.6 is 0 Å². The molecule has 23 heavy (non-hydrogen) atoms. The van der Waals surface area contributed by atoms with E-state index >= 15 is 0 Å². The Balaban J connectivity index is 2.26. The van der Waals surface area contributed by atoms with Crippen LogP contribution < -0.4 is 5.32 Å². The zero-order valence-corrected chi connectivity index (χ0v) is 14.5. The molecule has 2 rings (SSSR count). The Kier molecular flexibility index (Phi) is 5.21. The van der Waals surface area contributed by atoms with E-state index in [1.807, 2.05) is 50.4 Å². The molecule has 1 aromatic heterocycles. The molecule has 2 aromatic rings. The summed E-state index contributed by atoms with van der Waals surface area (Å²) in [5, 5.41) is 7.40. The summed E-state index contributed by atoms with van der Waals surface area (Å²) < 4.78 is 7.08. The van der Waals surface area contributed by atoms with Crippen LogP contribution in [-0.2, 0) is 17.3 Å². The van der Waals surface area contributed by atoms with Crippen molar-refractivity contribution in [3.8, 4) is 0 Å². The van der Waals surface area contributed by atoms with E-state index in [1.54, 1.807) is 11.8 Å². The van der Waals surface area contributed by atoms with Crippen LogP contribution in [-0.4, -0.2) is 29.4 Å². The second-order valence-corrected chi connectivity index (χ2v) is 6.32. The first-order chi connectivity index (χ1) is 10.9. The molecular weight excluding hydrogens is 290 g/mol. The number of rotatable bonds is 6. The van der Waals surface area contributed by atoms with E-state index in [2.05, 4.69) is 24.3 Å². The van der Waals surface area contributed by atoms with Crippen molar-refractivity contribution in [1.82, 2.24) is 15.1 Å². The van der Waals surface area contributed by atoms with Gasteiger partial charge >= 0.3 is 0 Å². The lowest BCUT2D eigenvalue weighted by Crippen LogP contribution is -2.47. The molecule has 0 aliphatic heterocycles. The molecule has 1 aromatic carbocycles. The van der Waals surface area contributed by atoms with E-state index < -0.39 is 5.54 Å². The Morgan fingerprint density at radius 3 is 2.52 bits per heavy atom. The van der Waals surface area contributed by atoms with Gasteiger partial charge in [0.1, 0.15) is 5.69 Å². The highest BCUT2D eigenvalue weighted by molar-refractivity contribution is 5.93. The molecule has 0 saturated carbocycles. The number of amides is 1. The van der Waals surface area contributed by atoms with Gasteiger partial charge in [-0.25, -0.2) is 0 Å². The fourth-order valence-electron chi connectivity index (χ4n) is 2.73. The van der Waals surface area contributed by atoms with E-state index in [0.717, 1.165) is 11.3 Å². The summed E-state index contributed by atoms with van der Waals surface area (Å²) in [5.74, 6) is 0.115. The molecule has 1 unspecified atom stereocenters. The summed E-state index contributed by atoms with van der Waals surface area (Å²) in [4.78, 5) is 12.7. The highest BCUT2D eigenvalue weighted by Crippen LogP contribution is 2.22. The molecule has 0 saturated heterocycles. The Morgan fingerprint density at radius 2 is 2.00 bits per heavy atom. The summed E-state index contributed by atoms with van der Waals surface area (Å²) in [6, 6.07) is 11.7. The van der Waals surface area contributed by atoms with Gasteiger partial charge in [0.2, 0.25) is 0 Å². The highest BCUT2D eigenvalue weighted by atomic mass is 16.5. The van der Waals surface area contributed by atoms with Gasteiger partial charge in [-0.3, -0.25) is 9.48 Å². The van der Waals surface area contributed by atoms with Gasteiger partial charge in [0.15, 0.2) is 0 Å². The molecule has 0 aliphatic rings. The second-order valence-electron chi connectivity index (χ2n) is 6.32. The number of carbonyl (C=O) groups excluding carboxylic acids is 1. The molecule has 0 aliphatic carbocycles. The van der Waals surface area contributed by atoms with Crippen LogP contribution in [0.5, 0.6) is 0 Å². The number of nitrogens with one attached hydrogen (secondary N) is 1. The molecule has 1 N–H and O–H groups in total. The molecule has 1 amide bonds. The average molecular weight is 315 g/mol. The first-order valence-corrected chi connectivity index (χ1v) is 7.78. The van der Waals surface area contributed by atoms with E-state index in [0.29, 0.717) is 18.2 Å². The maximum Gasteiger partial charge on any atom is 0.272 e. The standard InChI is InChI=1S/C18H25N3O2/c1-13(2)16-11-15(20-21(16)4)17(22)19-18(3,12-23-5)14-9-7-6-8-10-14/h6-11,13H,12H2,1-5H3,(H,19,22). The topological polar surface area (TPSA) is 56.1 Å². The lowest BCUT2D eigenvalue weighted by molar-refractivity contribution is 0.0780. The van der Waals surface area contributed by atoms with Gasteiger partial charge in [0, 0.05) is 19.9 Å². The van der Waals surface area contributed by atoms with E-state index in [4.69, 9.17) is 4.74 Å². The molecular formula is C18H25N3O2. The fourth-order valence-corrected chi connectivity index (χ4v) is 2.73. The van der Waals surface area contributed by atoms with Crippen molar-refractivity contribution in [2.24, 2.45) is 7.05 Å². The van der Waals surface area contributed by atoms with E-state index in [9.17, 15) is 4.79 Å². The zero-order chi connectivity index (χ0) is 17.0. The SMILES string of the molecule is COCC(C)(NC(=O)c1cc(C(C)C)n(C)n1)c1ccccc1. The van der Waals surface area contributed by atoms with E-state index in [1.165, 1.54) is 0 Å². The van der Waals surface area contributed by atoms with Crippen molar-refractivity contribution in [3.05, 3.63) is 53.3 Å². The summed E-state index contributed by atoms with van der Waals surface area (Å²) in [5.41, 5.74) is 1.84. The van der Waals surface area contributed by atoms with Crippen LogP contribution in [0.2, 0.25) is 0 Å². The van der Waals surface area contributed by atoms with Crippen LogP contribution in [0.4, 0.5) is 0 Å². The van der Waals surface area contributed by atoms with Gasteiger partial charge < -0.3 is 10.1 Å². The predicted molar refractivity (Wildman–Crippen MR) is 90.4 cm³/mol. The van der Waals surface area contributed by atoms with Gasteiger partial charge in [-0.05, 0) is 24.5 Å². The monoisotopic (exact) mass is 315 g/mol. The highest BCUT2D eigenvalue weighted by Gasteiger charge is 2.30. The molecule has 0 radical (unpaired) electrons. The van der Waals surface area contributed by atoms with E-state index in [-0.39, 0.29) is 5.91 Å². The van der Waals surface area contributed by atoms with Crippen LogP contribution in [0.15, 0.2) is 36.4 Å². The summed E-state index contributed by atoms with van der Waals surface area (Å²) >= 11 is 0. The molecule has 0 spiro atoms. The minimum absolute atomic E-state index is 0.198. The maximum atomic E-state index is 12.7. The first-order valence-electron chi connectivity index (χ1n) is 7.78. The van der Waals surface area contributed by atoms with Gasteiger partial charge in [-0.2, -0.15) is 5.10 Å². The van der Waals surface area contributed by atoms with Crippen LogP contribution in [0.3, 0.4) is 0 Å². The average Bonchev–Trinajstić information content (AvgIpc) is 2.91. The van der Waals surface area contributed by atoms with Crippen LogP contribution in [0, 0.1) is 0 Å². The number of benzene rings is 1. The molecule has 0 bridgehead atoms. The smallest absolute Gasteiger partial charge is 0.272 e. The number of aryl methyl sites for hydroxylation is 1. The third kappa shape index (κ3) is 3.79. The summed E-state index contributed by atoms with van der Waals surface area (Å²) in [6.07, 6.45) is 0. The number of carbonyl (C=O) groups is 1. The van der Waals surface area contributed by atoms with Crippen LogP contribution in [0.25, 0.3) is 0 Å². The van der Waals surface area contributed by atoms with Crippen molar-refractivity contribution in [3.63, 3.8) is 0 Å². The molecule has 5 nitrogen and oxygen atoms in total. The Morgan fingerprint density at radius 1 is 1.35 bits per heavy atom. The zero-order valence-electron chi connectivity index (χ0n) is 14.5. The third-order valence-corrected chi connectivity index (χ3v) is 3.97.